The molecule has 0 atom stereocenters. The number of benzene rings is 2. The summed E-state index contributed by atoms with van der Waals surface area (Å²) >= 11 is 12.0. The van der Waals surface area contributed by atoms with Gasteiger partial charge in [0.2, 0.25) is 0 Å². The van der Waals surface area contributed by atoms with Gasteiger partial charge in [-0.2, -0.15) is 10.1 Å². The molecule has 1 amide bonds. The van der Waals surface area contributed by atoms with E-state index in [2.05, 4.69) is 5.10 Å². The Morgan fingerprint density at radius 3 is 2.48 bits per heavy atom. The Kier molecular flexibility index (Phi) is 4.20. The zero-order chi connectivity index (χ0) is 16.6. The van der Waals surface area contributed by atoms with Crippen LogP contribution in [0.1, 0.15) is 12.5 Å². The molecule has 0 bridgehead atoms. The summed E-state index contributed by atoms with van der Waals surface area (Å²) in [4.78, 5) is 12.6. The van der Waals surface area contributed by atoms with Gasteiger partial charge in [-0.25, -0.2) is 4.39 Å². The van der Waals surface area contributed by atoms with Crippen molar-refractivity contribution in [2.45, 2.75) is 6.92 Å². The van der Waals surface area contributed by atoms with Crippen LogP contribution >= 0.6 is 23.2 Å². The first-order valence-electron chi connectivity index (χ1n) is 6.78. The lowest BCUT2D eigenvalue weighted by Gasteiger charge is -2.13. The van der Waals surface area contributed by atoms with Gasteiger partial charge in [0.15, 0.2) is 0 Å². The zero-order valence-corrected chi connectivity index (χ0v) is 13.6. The molecule has 1 aliphatic rings. The summed E-state index contributed by atoms with van der Waals surface area (Å²) in [6, 6.07) is 10.7. The topological polar surface area (TPSA) is 32.7 Å². The predicted octanol–water partition coefficient (Wildman–Crippen LogP) is 4.94. The third kappa shape index (κ3) is 3.14. The molecular weight excluding hydrogens is 338 g/mol. The van der Waals surface area contributed by atoms with Crippen molar-refractivity contribution in [3.63, 3.8) is 0 Å². The number of carbonyl (C=O) groups excluding carboxylic acids is 1. The second-order valence-electron chi connectivity index (χ2n) is 5.01. The molecule has 0 radical (unpaired) electrons. The lowest BCUT2D eigenvalue weighted by Crippen LogP contribution is -2.21. The molecule has 1 heterocycles. The number of amides is 1. The van der Waals surface area contributed by atoms with Crippen LogP contribution in [0.4, 0.5) is 10.1 Å². The molecule has 0 saturated carbocycles. The third-order valence-corrected chi connectivity index (χ3v) is 3.92. The van der Waals surface area contributed by atoms with Gasteiger partial charge < -0.3 is 0 Å². The molecule has 0 N–H and O–H groups in total. The van der Waals surface area contributed by atoms with Gasteiger partial charge in [-0.1, -0.05) is 35.3 Å². The van der Waals surface area contributed by atoms with Gasteiger partial charge in [0, 0.05) is 5.02 Å². The maximum absolute atomic E-state index is 13.0. The molecule has 0 spiro atoms. The number of rotatable bonds is 2. The molecule has 0 aliphatic carbocycles. The van der Waals surface area contributed by atoms with Gasteiger partial charge >= 0.3 is 0 Å². The molecule has 0 saturated heterocycles. The van der Waals surface area contributed by atoms with Crippen LogP contribution in [-0.2, 0) is 4.79 Å². The Morgan fingerprint density at radius 1 is 1.13 bits per heavy atom. The standard InChI is InChI=1S/C17H11Cl2FN2O/c1-10-14(8-11-2-5-13(20)6-3-11)17(23)22(21-10)16-7-4-12(18)9-15(16)19/h2-9H,1H3/b14-8+. The largest absolute Gasteiger partial charge is 0.280 e. The first-order chi connectivity index (χ1) is 11.0. The third-order valence-electron chi connectivity index (χ3n) is 3.38. The Hall–Kier alpha value is -2.17. The Morgan fingerprint density at radius 2 is 1.83 bits per heavy atom. The number of nitrogens with zero attached hydrogens (tertiary/aromatic N) is 2. The molecule has 0 fully saturated rings. The summed E-state index contributed by atoms with van der Waals surface area (Å²) in [6.07, 6.45) is 1.67. The van der Waals surface area contributed by atoms with Crippen molar-refractivity contribution in [2.75, 3.05) is 5.01 Å². The highest BCUT2D eigenvalue weighted by molar-refractivity contribution is 6.38. The van der Waals surface area contributed by atoms with E-state index in [4.69, 9.17) is 23.2 Å². The van der Waals surface area contributed by atoms with Crippen LogP contribution in [0.15, 0.2) is 53.1 Å². The van der Waals surface area contributed by atoms with Gasteiger partial charge in [-0.05, 0) is 48.9 Å². The van der Waals surface area contributed by atoms with E-state index >= 15 is 0 Å². The molecule has 6 heteroatoms. The zero-order valence-electron chi connectivity index (χ0n) is 12.1. The van der Waals surface area contributed by atoms with Crippen LogP contribution < -0.4 is 5.01 Å². The van der Waals surface area contributed by atoms with Crippen molar-refractivity contribution < 1.29 is 9.18 Å². The Labute approximate surface area is 142 Å². The van der Waals surface area contributed by atoms with E-state index in [1.165, 1.54) is 17.1 Å². The highest BCUT2D eigenvalue weighted by atomic mass is 35.5. The lowest BCUT2D eigenvalue weighted by molar-refractivity contribution is -0.114. The van der Waals surface area contributed by atoms with Crippen LogP contribution in [0.5, 0.6) is 0 Å². The second kappa shape index (κ2) is 6.14. The van der Waals surface area contributed by atoms with Crippen molar-refractivity contribution in [1.82, 2.24) is 0 Å². The molecule has 23 heavy (non-hydrogen) atoms. The molecule has 2 aromatic carbocycles. The average molecular weight is 349 g/mol. The summed E-state index contributed by atoms with van der Waals surface area (Å²) < 4.78 is 13.0. The molecule has 116 valence electrons. The van der Waals surface area contributed by atoms with E-state index in [0.29, 0.717) is 32.6 Å². The van der Waals surface area contributed by atoms with Gasteiger partial charge in [0.25, 0.3) is 5.91 Å². The Balaban J connectivity index is 1.96. The quantitative estimate of drug-likeness (QED) is 0.707. The van der Waals surface area contributed by atoms with Crippen LogP contribution in [-0.4, -0.2) is 11.6 Å². The van der Waals surface area contributed by atoms with Crippen LogP contribution in [0.3, 0.4) is 0 Å². The number of halogens is 3. The maximum Gasteiger partial charge on any atom is 0.280 e. The second-order valence-corrected chi connectivity index (χ2v) is 5.85. The van der Waals surface area contributed by atoms with Crippen molar-refractivity contribution >= 4 is 46.6 Å². The number of hydrazone groups is 1. The molecule has 1 aliphatic heterocycles. The maximum atomic E-state index is 13.0. The molecule has 0 aromatic heterocycles. The van der Waals surface area contributed by atoms with Crippen molar-refractivity contribution in [3.05, 3.63) is 69.5 Å². The van der Waals surface area contributed by atoms with E-state index in [1.807, 2.05) is 0 Å². The van der Waals surface area contributed by atoms with E-state index < -0.39 is 0 Å². The number of hydrogen-bond donors (Lipinski definition) is 0. The molecular formula is C17H11Cl2FN2O. The van der Waals surface area contributed by atoms with E-state index in [1.54, 1.807) is 43.3 Å². The van der Waals surface area contributed by atoms with Crippen molar-refractivity contribution in [3.8, 4) is 0 Å². The van der Waals surface area contributed by atoms with Crippen molar-refractivity contribution in [1.29, 1.82) is 0 Å². The number of hydrogen-bond acceptors (Lipinski definition) is 2. The molecule has 2 aromatic rings. The molecule has 0 unspecified atom stereocenters. The number of carbonyl (C=O) groups is 1. The SMILES string of the molecule is CC1=NN(c2ccc(Cl)cc2Cl)C(=O)/C1=C/c1ccc(F)cc1. The average Bonchev–Trinajstić information content (AvgIpc) is 2.77. The van der Waals surface area contributed by atoms with Crippen LogP contribution in [0.2, 0.25) is 10.0 Å². The number of anilines is 1. The first-order valence-corrected chi connectivity index (χ1v) is 7.53. The lowest BCUT2D eigenvalue weighted by atomic mass is 10.1. The first kappa shape index (κ1) is 15.7. The van der Waals surface area contributed by atoms with Crippen LogP contribution in [0, 0.1) is 5.82 Å². The van der Waals surface area contributed by atoms with Crippen LogP contribution in [0.25, 0.3) is 6.08 Å². The minimum absolute atomic E-state index is 0.295. The summed E-state index contributed by atoms with van der Waals surface area (Å²) in [7, 11) is 0. The fraction of sp³-hybridized carbons (Fsp3) is 0.0588. The summed E-state index contributed by atoms with van der Waals surface area (Å²) in [5.74, 6) is -0.624. The minimum Gasteiger partial charge on any atom is -0.267 e. The fourth-order valence-corrected chi connectivity index (χ4v) is 2.71. The monoisotopic (exact) mass is 348 g/mol. The summed E-state index contributed by atoms with van der Waals surface area (Å²) in [6.45, 7) is 1.73. The van der Waals surface area contributed by atoms with Gasteiger partial charge in [-0.3, -0.25) is 4.79 Å². The van der Waals surface area contributed by atoms with Gasteiger partial charge in [0.1, 0.15) is 5.82 Å². The highest BCUT2D eigenvalue weighted by Gasteiger charge is 2.29. The predicted molar refractivity (Wildman–Crippen MR) is 91.4 cm³/mol. The Bertz CT molecular complexity index is 844. The summed E-state index contributed by atoms with van der Waals surface area (Å²) in [5, 5.41) is 6.31. The van der Waals surface area contributed by atoms with E-state index in [-0.39, 0.29) is 11.7 Å². The smallest absolute Gasteiger partial charge is 0.267 e. The molecule has 3 rings (SSSR count). The highest BCUT2D eigenvalue weighted by Crippen LogP contribution is 2.32. The minimum atomic E-state index is -0.329. The van der Waals surface area contributed by atoms with Gasteiger partial charge in [0.05, 0.1) is 22.0 Å². The van der Waals surface area contributed by atoms with E-state index in [9.17, 15) is 9.18 Å². The van der Waals surface area contributed by atoms with Crippen molar-refractivity contribution in [2.24, 2.45) is 5.10 Å². The fourth-order valence-electron chi connectivity index (χ4n) is 2.23. The van der Waals surface area contributed by atoms with Gasteiger partial charge in [-0.15, -0.1) is 0 Å². The normalized spacial score (nSPS) is 16.2. The molecule has 3 nitrogen and oxygen atoms in total. The summed E-state index contributed by atoms with van der Waals surface area (Å²) in [5.41, 5.74) is 2.17. The van der Waals surface area contributed by atoms with E-state index in [0.717, 1.165) is 0 Å².